The first-order valence-electron chi connectivity index (χ1n) is 10.4. The minimum absolute atomic E-state index is 0.0995. The number of halogens is 3. The van der Waals surface area contributed by atoms with Crippen molar-refractivity contribution in [2.75, 3.05) is 12.4 Å². The van der Waals surface area contributed by atoms with Gasteiger partial charge in [0.2, 0.25) is 0 Å². The fourth-order valence-corrected chi connectivity index (χ4v) is 3.64. The topological polar surface area (TPSA) is 71.4 Å². The Bertz CT molecular complexity index is 1310. The molecule has 0 unspecified atom stereocenters. The van der Waals surface area contributed by atoms with Crippen LogP contribution in [0.15, 0.2) is 72.8 Å². The van der Waals surface area contributed by atoms with Gasteiger partial charge in [0.25, 0.3) is 5.91 Å². The molecule has 0 radical (unpaired) electrons. The van der Waals surface area contributed by atoms with E-state index in [1.54, 1.807) is 36.4 Å². The number of hydrogen-bond donors (Lipinski definition) is 1. The molecular formula is C27H21Cl3N2O3. The molecule has 3 rings (SSSR count). The molecule has 0 aromatic heterocycles. The van der Waals surface area contributed by atoms with Crippen LogP contribution in [0.4, 0.5) is 5.69 Å². The first kappa shape index (κ1) is 26.2. The number of carbonyl (C=O) groups is 1. The number of amides is 1. The Hall–Kier alpha value is -3.43. The van der Waals surface area contributed by atoms with Crippen LogP contribution >= 0.6 is 34.8 Å². The van der Waals surface area contributed by atoms with Crippen LogP contribution in [0.5, 0.6) is 11.5 Å². The largest absolute Gasteiger partial charge is 0.493 e. The number of nitrogens with zero attached hydrogens (tertiary/aromatic N) is 1. The summed E-state index contributed by atoms with van der Waals surface area (Å²) in [5.74, 6) is 0.434. The van der Waals surface area contributed by atoms with Gasteiger partial charge in [-0.3, -0.25) is 4.79 Å². The van der Waals surface area contributed by atoms with E-state index < -0.39 is 5.91 Å². The van der Waals surface area contributed by atoms with Gasteiger partial charge in [-0.25, -0.2) is 0 Å². The summed E-state index contributed by atoms with van der Waals surface area (Å²) in [5.41, 5.74) is 2.65. The summed E-state index contributed by atoms with van der Waals surface area (Å²) >= 11 is 17.9. The SMILES string of the molecule is C=CCc1cc(/C=C(\C#N)C(=O)Nc2ccc(Cl)c(Cl)c2)cc(OC)c1OCc1ccc(Cl)cc1. The van der Waals surface area contributed by atoms with Crippen molar-refractivity contribution in [3.63, 3.8) is 0 Å². The van der Waals surface area contributed by atoms with Crippen LogP contribution in [0, 0.1) is 11.3 Å². The first-order chi connectivity index (χ1) is 16.8. The molecule has 0 spiro atoms. The summed E-state index contributed by atoms with van der Waals surface area (Å²) < 4.78 is 11.6. The van der Waals surface area contributed by atoms with Gasteiger partial charge in [-0.05, 0) is 66.1 Å². The van der Waals surface area contributed by atoms with E-state index in [1.807, 2.05) is 24.3 Å². The van der Waals surface area contributed by atoms with E-state index in [0.29, 0.717) is 50.8 Å². The first-order valence-corrected chi connectivity index (χ1v) is 11.5. The average Bonchev–Trinajstić information content (AvgIpc) is 2.85. The van der Waals surface area contributed by atoms with Gasteiger partial charge in [-0.15, -0.1) is 6.58 Å². The van der Waals surface area contributed by atoms with Crippen LogP contribution in [0.25, 0.3) is 6.08 Å². The third kappa shape index (κ3) is 7.03. The van der Waals surface area contributed by atoms with E-state index in [0.717, 1.165) is 11.1 Å². The Morgan fingerprint density at radius 2 is 1.83 bits per heavy atom. The highest BCUT2D eigenvalue weighted by Gasteiger charge is 2.15. The van der Waals surface area contributed by atoms with Crippen molar-refractivity contribution in [2.24, 2.45) is 0 Å². The predicted molar refractivity (Wildman–Crippen MR) is 141 cm³/mol. The molecule has 0 aliphatic carbocycles. The zero-order chi connectivity index (χ0) is 25.4. The third-order valence-corrected chi connectivity index (χ3v) is 5.88. The Balaban J connectivity index is 1.89. The third-order valence-electron chi connectivity index (χ3n) is 4.89. The number of rotatable bonds is 9. The molecule has 0 fully saturated rings. The van der Waals surface area contributed by atoms with Gasteiger partial charge in [0, 0.05) is 16.3 Å². The van der Waals surface area contributed by atoms with E-state index in [2.05, 4.69) is 11.9 Å². The number of benzene rings is 3. The van der Waals surface area contributed by atoms with Crippen molar-refractivity contribution in [1.29, 1.82) is 5.26 Å². The number of ether oxygens (including phenoxy) is 2. The van der Waals surface area contributed by atoms with Gasteiger partial charge in [0.05, 0.1) is 17.2 Å². The summed E-state index contributed by atoms with van der Waals surface area (Å²) in [6, 6.07) is 17.5. The summed E-state index contributed by atoms with van der Waals surface area (Å²) in [5, 5.41) is 13.6. The van der Waals surface area contributed by atoms with Gasteiger partial charge in [-0.2, -0.15) is 5.26 Å². The second kappa shape index (κ2) is 12.3. The van der Waals surface area contributed by atoms with Crippen molar-refractivity contribution in [3.05, 3.63) is 105 Å². The van der Waals surface area contributed by atoms with E-state index in [-0.39, 0.29) is 5.57 Å². The Morgan fingerprint density at radius 1 is 1.09 bits per heavy atom. The number of methoxy groups -OCH3 is 1. The molecule has 0 heterocycles. The molecular weight excluding hydrogens is 507 g/mol. The Morgan fingerprint density at radius 3 is 2.46 bits per heavy atom. The monoisotopic (exact) mass is 526 g/mol. The number of allylic oxidation sites excluding steroid dienone is 1. The van der Waals surface area contributed by atoms with Crippen molar-refractivity contribution in [2.45, 2.75) is 13.0 Å². The van der Waals surface area contributed by atoms with Crippen molar-refractivity contribution in [3.8, 4) is 17.6 Å². The maximum absolute atomic E-state index is 12.7. The molecule has 3 aromatic carbocycles. The summed E-state index contributed by atoms with van der Waals surface area (Å²) in [7, 11) is 1.53. The fourth-order valence-electron chi connectivity index (χ4n) is 3.21. The molecule has 35 heavy (non-hydrogen) atoms. The summed E-state index contributed by atoms with van der Waals surface area (Å²) in [4.78, 5) is 12.7. The minimum Gasteiger partial charge on any atom is -0.493 e. The minimum atomic E-state index is -0.585. The molecule has 0 bridgehead atoms. The molecule has 8 heteroatoms. The smallest absolute Gasteiger partial charge is 0.266 e. The maximum atomic E-state index is 12.7. The molecule has 0 aliphatic heterocycles. The molecule has 0 saturated heterocycles. The van der Waals surface area contributed by atoms with Crippen LogP contribution < -0.4 is 14.8 Å². The van der Waals surface area contributed by atoms with Crippen molar-refractivity contribution in [1.82, 2.24) is 0 Å². The van der Waals surface area contributed by atoms with Gasteiger partial charge < -0.3 is 14.8 Å². The van der Waals surface area contributed by atoms with E-state index in [9.17, 15) is 10.1 Å². The van der Waals surface area contributed by atoms with E-state index in [1.165, 1.54) is 19.3 Å². The number of nitrogens with one attached hydrogen (secondary N) is 1. The standard InChI is InChI=1S/C27H21Cl3N2O3/c1-3-4-19-11-18(12-20(15-31)27(33)32-22-9-10-23(29)24(30)14-22)13-25(34-2)26(19)35-16-17-5-7-21(28)8-6-17/h3,5-14H,1,4,16H2,2H3,(H,32,33)/b20-12+. The second-order valence-corrected chi connectivity index (χ2v) is 8.62. The highest BCUT2D eigenvalue weighted by molar-refractivity contribution is 6.42. The predicted octanol–water partition coefficient (Wildman–Crippen LogP) is 7.51. The molecule has 1 amide bonds. The highest BCUT2D eigenvalue weighted by atomic mass is 35.5. The van der Waals surface area contributed by atoms with Crippen LogP contribution in [-0.4, -0.2) is 13.0 Å². The van der Waals surface area contributed by atoms with Crippen molar-refractivity contribution < 1.29 is 14.3 Å². The summed E-state index contributed by atoms with van der Waals surface area (Å²) in [6.07, 6.45) is 3.70. The lowest BCUT2D eigenvalue weighted by Crippen LogP contribution is -2.13. The molecule has 0 atom stereocenters. The van der Waals surface area contributed by atoms with Gasteiger partial charge >= 0.3 is 0 Å². The summed E-state index contributed by atoms with van der Waals surface area (Å²) in [6.45, 7) is 4.12. The quantitative estimate of drug-likeness (QED) is 0.178. The zero-order valence-electron chi connectivity index (χ0n) is 18.8. The molecule has 178 valence electrons. The Kier molecular flexibility index (Phi) is 9.22. The maximum Gasteiger partial charge on any atom is 0.266 e. The molecule has 5 nitrogen and oxygen atoms in total. The van der Waals surface area contributed by atoms with Crippen LogP contribution in [-0.2, 0) is 17.8 Å². The lowest BCUT2D eigenvalue weighted by atomic mass is 10.0. The number of anilines is 1. The van der Waals surface area contributed by atoms with E-state index >= 15 is 0 Å². The average molecular weight is 528 g/mol. The van der Waals surface area contributed by atoms with E-state index in [4.69, 9.17) is 44.3 Å². The van der Waals surface area contributed by atoms with Crippen LogP contribution in [0.1, 0.15) is 16.7 Å². The normalized spacial score (nSPS) is 10.9. The lowest BCUT2D eigenvalue weighted by Gasteiger charge is -2.16. The van der Waals surface area contributed by atoms with Gasteiger partial charge in [-0.1, -0.05) is 53.0 Å². The lowest BCUT2D eigenvalue weighted by molar-refractivity contribution is -0.112. The highest BCUT2D eigenvalue weighted by Crippen LogP contribution is 2.35. The fraction of sp³-hybridized carbons (Fsp3) is 0.111. The molecule has 0 saturated carbocycles. The number of hydrogen-bond acceptors (Lipinski definition) is 4. The van der Waals surface area contributed by atoms with Gasteiger partial charge in [0.1, 0.15) is 18.2 Å². The van der Waals surface area contributed by atoms with Crippen molar-refractivity contribution >= 4 is 52.5 Å². The Labute approximate surface area is 219 Å². The second-order valence-electron chi connectivity index (χ2n) is 7.37. The molecule has 1 N–H and O–H groups in total. The van der Waals surface area contributed by atoms with Gasteiger partial charge in [0.15, 0.2) is 11.5 Å². The van der Waals surface area contributed by atoms with Crippen LogP contribution in [0.2, 0.25) is 15.1 Å². The zero-order valence-corrected chi connectivity index (χ0v) is 21.0. The number of nitriles is 1. The molecule has 0 aliphatic rings. The van der Waals surface area contributed by atoms with Crippen LogP contribution in [0.3, 0.4) is 0 Å². The number of carbonyl (C=O) groups excluding carboxylic acids is 1. The molecule has 3 aromatic rings.